The molecule has 1 amide bonds. The fourth-order valence-corrected chi connectivity index (χ4v) is 4.58. The summed E-state index contributed by atoms with van der Waals surface area (Å²) in [5.74, 6) is 0.269. The van der Waals surface area contributed by atoms with Gasteiger partial charge in [-0.1, -0.05) is 65.7 Å². The predicted octanol–water partition coefficient (Wildman–Crippen LogP) is 8.96. The number of nitrogens with zero attached hydrogens (tertiary/aromatic N) is 2. The zero-order valence-electron chi connectivity index (χ0n) is 22.6. The molecule has 0 aliphatic rings. The van der Waals surface area contributed by atoms with Gasteiger partial charge in [0, 0.05) is 44.2 Å². The van der Waals surface area contributed by atoms with E-state index in [1.54, 1.807) is 0 Å². The molecule has 0 aliphatic heterocycles. The first kappa shape index (κ1) is 29.5. The highest BCUT2D eigenvalue weighted by Crippen LogP contribution is 2.33. The summed E-state index contributed by atoms with van der Waals surface area (Å²) >= 11 is 13.5. The van der Waals surface area contributed by atoms with E-state index in [1.807, 2.05) is 113 Å². The van der Waals surface area contributed by atoms with Gasteiger partial charge in [-0.2, -0.15) is 4.40 Å². The summed E-state index contributed by atoms with van der Waals surface area (Å²) in [5, 5.41) is 7.37. The number of alkyl carbamates (subject to hydrolysis) is 1. The van der Waals surface area contributed by atoms with E-state index in [4.69, 9.17) is 32.9 Å². The van der Waals surface area contributed by atoms with Crippen molar-refractivity contribution in [1.82, 2.24) is 15.6 Å². The number of hydrogen-bond donors (Lipinski definition) is 2. The maximum absolute atomic E-state index is 12.6. The lowest BCUT2D eigenvalue weighted by Gasteiger charge is -2.22. The maximum Gasteiger partial charge on any atom is 0.414 e. The minimum atomic E-state index is -0.651. The summed E-state index contributed by atoms with van der Waals surface area (Å²) in [7, 11) is 0. The average molecular weight is 594 g/mol. The van der Waals surface area contributed by atoms with Crippen LogP contribution < -0.4 is 10.6 Å². The van der Waals surface area contributed by atoms with Crippen LogP contribution in [-0.2, 0) is 4.74 Å². The molecular weight excluding hydrogens is 563 g/mol. The number of guanidine groups is 1. The van der Waals surface area contributed by atoms with Crippen molar-refractivity contribution >= 4 is 47.2 Å². The van der Waals surface area contributed by atoms with Gasteiger partial charge in [0.2, 0.25) is 5.96 Å². The molecular formula is C31H30Cl2N4O2S. The van der Waals surface area contributed by atoms with Gasteiger partial charge in [0.1, 0.15) is 5.60 Å². The van der Waals surface area contributed by atoms with Crippen molar-refractivity contribution in [2.24, 2.45) is 4.40 Å². The third-order valence-corrected chi connectivity index (χ3v) is 6.90. The first-order chi connectivity index (χ1) is 19.1. The number of pyridine rings is 1. The first-order valence-electron chi connectivity index (χ1n) is 12.7. The van der Waals surface area contributed by atoms with Crippen molar-refractivity contribution in [3.05, 3.63) is 107 Å². The number of halogens is 2. The van der Waals surface area contributed by atoms with E-state index in [9.17, 15) is 4.79 Å². The number of carbonyl (C=O) groups is 1. The summed E-state index contributed by atoms with van der Waals surface area (Å²) < 4.78 is 10.0. The molecule has 9 heteroatoms. The van der Waals surface area contributed by atoms with E-state index in [2.05, 4.69) is 21.1 Å². The van der Waals surface area contributed by atoms with E-state index < -0.39 is 11.7 Å². The van der Waals surface area contributed by atoms with Crippen LogP contribution >= 0.6 is 35.1 Å². The molecule has 3 aromatic carbocycles. The van der Waals surface area contributed by atoms with Crippen LogP contribution in [0.15, 0.2) is 100 Å². The normalized spacial score (nSPS) is 12.5. The number of ether oxygens (including phenoxy) is 1. The highest BCUT2D eigenvalue weighted by Gasteiger charge is 2.20. The molecule has 6 nitrogen and oxygen atoms in total. The van der Waals surface area contributed by atoms with Crippen LogP contribution in [0.3, 0.4) is 0 Å². The van der Waals surface area contributed by atoms with Crippen molar-refractivity contribution < 1.29 is 9.53 Å². The summed E-state index contributed by atoms with van der Waals surface area (Å²) in [6.45, 7) is 7.41. The Morgan fingerprint density at radius 1 is 0.925 bits per heavy atom. The van der Waals surface area contributed by atoms with Crippen LogP contribution in [0.25, 0.3) is 22.4 Å². The van der Waals surface area contributed by atoms with Gasteiger partial charge in [-0.3, -0.25) is 10.3 Å². The molecule has 4 rings (SSSR count). The second-order valence-corrected chi connectivity index (χ2v) is 11.7. The highest BCUT2D eigenvalue weighted by atomic mass is 35.5. The van der Waals surface area contributed by atoms with Gasteiger partial charge in [-0.25, -0.2) is 4.79 Å². The van der Waals surface area contributed by atoms with Crippen LogP contribution in [0.1, 0.15) is 39.3 Å². The second kappa shape index (κ2) is 13.2. The number of carbonyl (C=O) groups excluding carboxylic acids is 1. The van der Waals surface area contributed by atoms with Crippen molar-refractivity contribution in [2.45, 2.75) is 44.2 Å². The van der Waals surface area contributed by atoms with Crippen LogP contribution in [0.5, 0.6) is 0 Å². The van der Waals surface area contributed by atoms with Crippen molar-refractivity contribution in [1.29, 1.82) is 0 Å². The topological polar surface area (TPSA) is 75.6 Å². The lowest BCUT2D eigenvalue weighted by molar-refractivity contribution is 0.0561. The van der Waals surface area contributed by atoms with E-state index in [-0.39, 0.29) is 12.0 Å². The quantitative estimate of drug-likeness (QED) is 0.133. The molecule has 0 saturated carbocycles. The smallest absolute Gasteiger partial charge is 0.414 e. The van der Waals surface area contributed by atoms with Gasteiger partial charge in [0.05, 0.1) is 11.7 Å². The summed E-state index contributed by atoms with van der Waals surface area (Å²) in [6, 6.07) is 26.7. The van der Waals surface area contributed by atoms with Gasteiger partial charge in [-0.05, 0) is 81.3 Å². The van der Waals surface area contributed by atoms with E-state index in [0.717, 1.165) is 32.8 Å². The zero-order valence-corrected chi connectivity index (χ0v) is 24.9. The molecule has 1 heterocycles. The fourth-order valence-electron chi connectivity index (χ4n) is 3.76. The Morgan fingerprint density at radius 3 is 2.12 bits per heavy atom. The molecule has 206 valence electrons. The Morgan fingerprint density at radius 2 is 1.52 bits per heavy atom. The van der Waals surface area contributed by atoms with Crippen LogP contribution in [0.4, 0.5) is 4.79 Å². The molecule has 0 radical (unpaired) electrons. The number of benzene rings is 3. The van der Waals surface area contributed by atoms with E-state index >= 15 is 0 Å². The number of aromatic nitrogens is 1. The van der Waals surface area contributed by atoms with Crippen LogP contribution in [0, 0.1) is 0 Å². The van der Waals surface area contributed by atoms with Crippen LogP contribution in [0.2, 0.25) is 10.0 Å². The summed E-state index contributed by atoms with van der Waals surface area (Å²) in [5.41, 5.74) is 3.90. The molecule has 1 aromatic heterocycles. The van der Waals surface area contributed by atoms with E-state index in [1.165, 1.54) is 11.9 Å². The lowest BCUT2D eigenvalue weighted by Crippen LogP contribution is -2.44. The Bertz CT molecular complexity index is 1470. The highest BCUT2D eigenvalue weighted by molar-refractivity contribution is 7.98. The molecule has 4 aromatic rings. The molecule has 0 bridgehead atoms. The largest absolute Gasteiger partial charge is 0.444 e. The van der Waals surface area contributed by atoms with Crippen molar-refractivity contribution in [3.63, 3.8) is 0 Å². The Hall–Kier alpha value is -3.52. The Balaban J connectivity index is 1.65. The lowest BCUT2D eigenvalue weighted by atomic mass is 9.96. The molecule has 40 heavy (non-hydrogen) atoms. The third kappa shape index (κ3) is 8.49. The number of hydrogen-bond acceptors (Lipinski definition) is 5. The molecule has 1 unspecified atom stereocenters. The second-order valence-electron chi connectivity index (χ2n) is 10.0. The van der Waals surface area contributed by atoms with Crippen molar-refractivity contribution in [2.75, 3.05) is 0 Å². The minimum Gasteiger partial charge on any atom is -0.444 e. The fraction of sp³-hybridized carbons (Fsp3) is 0.194. The van der Waals surface area contributed by atoms with Gasteiger partial charge in [0.25, 0.3) is 0 Å². The molecule has 0 spiro atoms. The molecule has 0 fully saturated rings. The molecule has 0 saturated heterocycles. The SMILES string of the molecule is CC(N/C(=N/Sc1ccccc1)NC(=O)OC(C)(C)C)c1cnc(-c2ccc(Cl)cc2)c(-c2ccc(Cl)cc2)c1. The first-order valence-corrected chi connectivity index (χ1v) is 14.2. The number of rotatable bonds is 6. The molecule has 1 atom stereocenters. The minimum absolute atomic E-state index is 0.261. The van der Waals surface area contributed by atoms with Gasteiger partial charge in [-0.15, -0.1) is 0 Å². The Kier molecular flexibility index (Phi) is 9.74. The molecule has 2 N–H and O–H groups in total. The monoisotopic (exact) mass is 592 g/mol. The predicted molar refractivity (Wildman–Crippen MR) is 166 cm³/mol. The maximum atomic E-state index is 12.6. The standard InChI is InChI=1S/C31H30Cl2N4O2S/c1-20(35-29(36-30(38)39-31(2,3)4)37-40-26-8-6-5-7-9-26)23-18-27(21-10-14-24(32)15-11-21)28(34-19-23)22-12-16-25(33)17-13-22/h5-20H,1-4H3,(H2,35,36,37,38). The summed E-state index contributed by atoms with van der Waals surface area (Å²) in [4.78, 5) is 18.4. The van der Waals surface area contributed by atoms with Crippen molar-refractivity contribution in [3.8, 4) is 22.4 Å². The van der Waals surface area contributed by atoms with Crippen LogP contribution in [-0.4, -0.2) is 22.6 Å². The van der Waals surface area contributed by atoms with Gasteiger partial charge < -0.3 is 10.1 Å². The summed E-state index contributed by atoms with van der Waals surface area (Å²) in [6.07, 6.45) is 1.22. The van der Waals surface area contributed by atoms with E-state index in [0.29, 0.717) is 10.0 Å². The van der Waals surface area contributed by atoms with Gasteiger partial charge in [0.15, 0.2) is 0 Å². The number of amides is 1. The zero-order chi connectivity index (χ0) is 28.7. The Labute approximate surface area is 249 Å². The average Bonchev–Trinajstić information content (AvgIpc) is 2.92. The third-order valence-electron chi connectivity index (χ3n) is 5.64. The number of nitrogens with one attached hydrogen (secondary N) is 2. The van der Waals surface area contributed by atoms with Gasteiger partial charge >= 0.3 is 6.09 Å². The molecule has 0 aliphatic carbocycles.